The molecule has 1 aromatic heterocycles. The molecule has 0 unspecified atom stereocenters. The molecule has 0 aromatic carbocycles. The monoisotopic (exact) mass is 350 g/mol. The SMILES string of the molecule is CC(C)(C)[C@H](NS(=O)(=O)c1cncc(Br)c1)C(=O)O. The molecule has 0 radical (unpaired) electrons. The van der Waals surface area contributed by atoms with Crippen molar-refractivity contribution < 1.29 is 18.3 Å². The number of pyridine rings is 1. The van der Waals surface area contributed by atoms with Crippen LogP contribution in [0.5, 0.6) is 0 Å². The second kappa shape index (κ2) is 5.56. The predicted octanol–water partition coefficient (Wildman–Crippen LogP) is 1.62. The molecular weight excluding hydrogens is 336 g/mol. The van der Waals surface area contributed by atoms with Gasteiger partial charge >= 0.3 is 5.97 Å². The molecule has 8 heteroatoms. The van der Waals surface area contributed by atoms with Gasteiger partial charge in [-0.2, -0.15) is 4.72 Å². The first kappa shape index (κ1) is 16.1. The number of rotatable bonds is 4. The summed E-state index contributed by atoms with van der Waals surface area (Å²) in [5.74, 6) is -1.22. The second-order valence-corrected chi connectivity index (χ2v) is 7.73. The number of nitrogens with one attached hydrogen (secondary N) is 1. The van der Waals surface area contributed by atoms with E-state index in [-0.39, 0.29) is 4.90 Å². The fourth-order valence-electron chi connectivity index (χ4n) is 1.36. The zero-order valence-corrected chi connectivity index (χ0v) is 13.1. The van der Waals surface area contributed by atoms with Crippen LogP contribution < -0.4 is 4.72 Å². The van der Waals surface area contributed by atoms with E-state index in [1.807, 2.05) is 0 Å². The molecule has 106 valence electrons. The van der Waals surface area contributed by atoms with Crippen molar-refractivity contribution in [1.29, 1.82) is 0 Å². The summed E-state index contributed by atoms with van der Waals surface area (Å²) in [6.07, 6.45) is 2.60. The molecular formula is C11H15BrN2O4S. The molecule has 1 rings (SSSR count). The standard InChI is InChI=1S/C11H15BrN2O4S/c1-11(2,3)9(10(15)16)14-19(17,18)8-4-7(12)5-13-6-8/h4-6,9,14H,1-3H3,(H,15,16)/t9-/m1/s1. The van der Waals surface area contributed by atoms with Crippen molar-refractivity contribution in [2.75, 3.05) is 0 Å². The number of carbonyl (C=O) groups is 1. The van der Waals surface area contributed by atoms with Crippen LogP contribution in [0.25, 0.3) is 0 Å². The van der Waals surface area contributed by atoms with E-state index < -0.39 is 27.4 Å². The Balaban J connectivity index is 3.12. The van der Waals surface area contributed by atoms with Crippen LogP contribution in [0, 0.1) is 5.41 Å². The fourth-order valence-corrected chi connectivity index (χ4v) is 3.26. The lowest BCUT2D eigenvalue weighted by Gasteiger charge is -2.27. The summed E-state index contributed by atoms with van der Waals surface area (Å²) >= 11 is 3.12. The number of halogens is 1. The number of hydrogen-bond acceptors (Lipinski definition) is 4. The molecule has 0 fully saturated rings. The van der Waals surface area contributed by atoms with Crippen LogP contribution in [-0.2, 0) is 14.8 Å². The van der Waals surface area contributed by atoms with Gasteiger partial charge in [0.05, 0.1) is 0 Å². The van der Waals surface area contributed by atoms with Crippen LogP contribution in [0.1, 0.15) is 20.8 Å². The number of sulfonamides is 1. The third-order valence-electron chi connectivity index (χ3n) is 2.38. The minimum atomic E-state index is -3.93. The molecule has 0 bridgehead atoms. The first-order valence-corrected chi connectivity index (χ1v) is 7.67. The van der Waals surface area contributed by atoms with Gasteiger partial charge in [0.1, 0.15) is 10.9 Å². The Morgan fingerprint density at radius 3 is 2.42 bits per heavy atom. The summed E-state index contributed by atoms with van der Waals surface area (Å²) in [4.78, 5) is 14.8. The van der Waals surface area contributed by atoms with E-state index in [0.29, 0.717) is 4.47 Å². The topological polar surface area (TPSA) is 96.4 Å². The van der Waals surface area contributed by atoms with Crippen LogP contribution in [0.4, 0.5) is 0 Å². The Kier molecular flexibility index (Phi) is 4.70. The molecule has 0 amide bonds. The first-order valence-electron chi connectivity index (χ1n) is 5.40. The molecule has 0 saturated carbocycles. The maximum Gasteiger partial charge on any atom is 0.322 e. The molecule has 6 nitrogen and oxygen atoms in total. The van der Waals surface area contributed by atoms with Crippen LogP contribution in [0.3, 0.4) is 0 Å². The maximum absolute atomic E-state index is 12.1. The third-order valence-corrected chi connectivity index (χ3v) is 4.20. The largest absolute Gasteiger partial charge is 0.480 e. The van der Waals surface area contributed by atoms with Crippen molar-refractivity contribution in [3.63, 3.8) is 0 Å². The molecule has 0 aliphatic heterocycles. The summed E-state index contributed by atoms with van der Waals surface area (Å²) in [7, 11) is -3.93. The molecule has 0 aliphatic rings. The van der Waals surface area contributed by atoms with Crippen molar-refractivity contribution in [3.05, 3.63) is 22.9 Å². The van der Waals surface area contributed by atoms with E-state index in [4.69, 9.17) is 5.11 Å². The lowest BCUT2D eigenvalue weighted by Crippen LogP contribution is -2.48. The van der Waals surface area contributed by atoms with Gasteiger partial charge < -0.3 is 5.11 Å². The highest BCUT2D eigenvalue weighted by Gasteiger charge is 2.35. The van der Waals surface area contributed by atoms with Crippen LogP contribution in [-0.4, -0.2) is 30.5 Å². The number of aromatic nitrogens is 1. The van der Waals surface area contributed by atoms with Crippen molar-refractivity contribution in [3.8, 4) is 0 Å². The Hall–Kier alpha value is -0.990. The molecule has 0 aliphatic carbocycles. The smallest absolute Gasteiger partial charge is 0.322 e. The maximum atomic E-state index is 12.1. The Labute approximate surface area is 120 Å². The zero-order chi connectivity index (χ0) is 14.8. The van der Waals surface area contributed by atoms with Crippen molar-refractivity contribution in [2.24, 2.45) is 5.41 Å². The van der Waals surface area contributed by atoms with E-state index >= 15 is 0 Å². The van der Waals surface area contributed by atoms with Crippen molar-refractivity contribution >= 4 is 31.9 Å². The van der Waals surface area contributed by atoms with Gasteiger partial charge in [-0.3, -0.25) is 9.78 Å². The van der Waals surface area contributed by atoms with E-state index in [2.05, 4.69) is 25.6 Å². The molecule has 0 saturated heterocycles. The zero-order valence-electron chi connectivity index (χ0n) is 10.7. The van der Waals surface area contributed by atoms with Crippen LogP contribution in [0.15, 0.2) is 27.8 Å². The predicted molar refractivity (Wildman–Crippen MR) is 73.1 cm³/mol. The van der Waals surface area contributed by atoms with Gasteiger partial charge in [-0.1, -0.05) is 20.8 Å². The van der Waals surface area contributed by atoms with Gasteiger partial charge in [-0.05, 0) is 27.4 Å². The van der Waals surface area contributed by atoms with Crippen LogP contribution >= 0.6 is 15.9 Å². The summed E-state index contributed by atoms with van der Waals surface area (Å²) in [6, 6.07) is 0.133. The van der Waals surface area contributed by atoms with E-state index in [1.165, 1.54) is 12.3 Å². The van der Waals surface area contributed by atoms with Gasteiger partial charge in [-0.15, -0.1) is 0 Å². The highest BCUT2D eigenvalue weighted by atomic mass is 79.9. The highest BCUT2D eigenvalue weighted by Crippen LogP contribution is 2.22. The summed E-state index contributed by atoms with van der Waals surface area (Å²) < 4.78 is 26.9. The Morgan fingerprint density at radius 2 is 2.00 bits per heavy atom. The number of hydrogen-bond donors (Lipinski definition) is 2. The molecule has 1 heterocycles. The Morgan fingerprint density at radius 1 is 1.42 bits per heavy atom. The first-order chi connectivity index (χ1) is 8.54. The van der Waals surface area contributed by atoms with E-state index in [1.54, 1.807) is 20.8 Å². The highest BCUT2D eigenvalue weighted by molar-refractivity contribution is 9.10. The van der Waals surface area contributed by atoms with E-state index in [9.17, 15) is 13.2 Å². The molecule has 1 aromatic rings. The molecule has 2 N–H and O–H groups in total. The number of aliphatic carboxylic acids is 1. The second-order valence-electron chi connectivity index (χ2n) is 5.10. The quantitative estimate of drug-likeness (QED) is 0.859. The van der Waals surface area contributed by atoms with Gasteiger partial charge in [-0.25, -0.2) is 8.42 Å². The summed E-state index contributed by atoms with van der Waals surface area (Å²) in [5, 5.41) is 9.12. The molecule has 1 atom stereocenters. The average Bonchev–Trinajstić information content (AvgIpc) is 2.24. The fraction of sp³-hybridized carbons (Fsp3) is 0.455. The number of carboxylic acid groups (broad SMARTS) is 1. The van der Waals surface area contributed by atoms with E-state index in [0.717, 1.165) is 6.20 Å². The minimum Gasteiger partial charge on any atom is -0.480 e. The van der Waals surface area contributed by atoms with Crippen molar-refractivity contribution in [1.82, 2.24) is 9.71 Å². The third kappa shape index (κ3) is 4.26. The average molecular weight is 351 g/mol. The van der Waals surface area contributed by atoms with Crippen molar-refractivity contribution in [2.45, 2.75) is 31.7 Å². The molecule has 0 spiro atoms. The number of nitrogens with zero attached hydrogens (tertiary/aromatic N) is 1. The normalized spacial score (nSPS) is 14.1. The minimum absolute atomic E-state index is 0.0858. The van der Waals surface area contributed by atoms with Gasteiger partial charge in [0, 0.05) is 16.9 Å². The lowest BCUT2D eigenvalue weighted by molar-refractivity contribution is -0.141. The van der Waals surface area contributed by atoms with Crippen LogP contribution in [0.2, 0.25) is 0 Å². The number of carboxylic acids is 1. The Bertz CT molecular complexity index is 581. The molecule has 19 heavy (non-hydrogen) atoms. The summed E-state index contributed by atoms with van der Waals surface area (Å²) in [6.45, 7) is 4.94. The lowest BCUT2D eigenvalue weighted by atomic mass is 9.88. The van der Waals surface area contributed by atoms with Gasteiger partial charge in [0.15, 0.2) is 0 Å². The van der Waals surface area contributed by atoms with Gasteiger partial charge in [0.2, 0.25) is 10.0 Å². The van der Waals surface area contributed by atoms with Gasteiger partial charge in [0.25, 0.3) is 0 Å². The summed E-state index contributed by atoms with van der Waals surface area (Å²) in [5.41, 5.74) is -0.752.